The highest BCUT2D eigenvalue weighted by atomic mass is 15.3. The Morgan fingerprint density at radius 1 is 1.30 bits per heavy atom. The Hall–Kier alpha value is -1.60. The topological polar surface area (TPSA) is 43.2 Å². The van der Waals surface area contributed by atoms with Crippen LogP contribution >= 0.6 is 0 Å². The highest BCUT2D eigenvalue weighted by molar-refractivity contribution is 5.47. The monoisotopic (exact) mass is 312 g/mol. The third-order valence-electron chi connectivity index (χ3n) is 5.84. The van der Waals surface area contributed by atoms with Gasteiger partial charge in [0.05, 0.1) is 11.3 Å². The lowest BCUT2D eigenvalue weighted by Crippen LogP contribution is -2.44. The van der Waals surface area contributed by atoms with Crippen molar-refractivity contribution in [2.75, 3.05) is 24.5 Å². The molecule has 0 amide bonds. The number of hydrogen-bond donors (Lipinski definition) is 0. The first-order valence-corrected chi connectivity index (χ1v) is 8.82. The Kier molecular flexibility index (Phi) is 4.33. The molecule has 0 saturated carbocycles. The molecule has 2 aliphatic heterocycles. The van der Waals surface area contributed by atoms with Crippen LogP contribution < -0.4 is 4.90 Å². The van der Waals surface area contributed by atoms with E-state index >= 15 is 0 Å². The molecule has 0 N–H and O–H groups in total. The summed E-state index contributed by atoms with van der Waals surface area (Å²) in [4.78, 5) is 9.75. The normalized spacial score (nSPS) is 24.3. The van der Waals surface area contributed by atoms with Gasteiger partial charge in [-0.3, -0.25) is 0 Å². The standard InChI is InChI=1S/C19H28N4/c1-14(2)22-9-7-19(8-10-22)11-15(3)23(13-19)18-6-5-17(12-20)16(4)21-18/h5-6,14-15H,7-11,13H2,1-4H3. The van der Waals surface area contributed by atoms with Crippen LogP contribution in [0.5, 0.6) is 0 Å². The van der Waals surface area contributed by atoms with E-state index < -0.39 is 0 Å². The summed E-state index contributed by atoms with van der Waals surface area (Å²) >= 11 is 0. The summed E-state index contributed by atoms with van der Waals surface area (Å²) in [7, 11) is 0. The summed E-state index contributed by atoms with van der Waals surface area (Å²) in [6.07, 6.45) is 3.85. The highest BCUT2D eigenvalue weighted by Crippen LogP contribution is 2.44. The van der Waals surface area contributed by atoms with E-state index in [0.717, 1.165) is 18.1 Å². The second-order valence-corrected chi connectivity index (χ2v) is 7.72. The third kappa shape index (κ3) is 3.07. The van der Waals surface area contributed by atoms with Crippen molar-refractivity contribution in [3.05, 3.63) is 23.4 Å². The lowest BCUT2D eigenvalue weighted by Gasteiger charge is -2.41. The minimum absolute atomic E-state index is 0.453. The number of piperidine rings is 1. The molecule has 0 bridgehead atoms. The first-order chi connectivity index (χ1) is 10.9. The van der Waals surface area contributed by atoms with Gasteiger partial charge in [0.1, 0.15) is 11.9 Å². The SMILES string of the molecule is Cc1nc(N2CC3(CCN(C(C)C)CC3)CC2C)ccc1C#N. The van der Waals surface area contributed by atoms with Crippen molar-refractivity contribution in [3.63, 3.8) is 0 Å². The molecule has 23 heavy (non-hydrogen) atoms. The number of aryl methyl sites for hydroxylation is 1. The molecule has 4 nitrogen and oxygen atoms in total. The van der Waals surface area contributed by atoms with Crippen molar-refractivity contribution in [1.29, 1.82) is 5.26 Å². The fourth-order valence-electron chi connectivity index (χ4n) is 4.33. The fourth-order valence-corrected chi connectivity index (χ4v) is 4.33. The quantitative estimate of drug-likeness (QED) is 0.840. The van der Waals surface area contributed by atoms with Gasteiger partial charge in [0, 0.05) is 18.6 Å². The molecule has 0 aromatic carbocycles. The van der Waals surface area contributed by atoms with E-state index in [1.165, 1.54) is 32.4 Å². The molecule has 2 aliphatic rings. The molecule has 4 heteroatoms. The predicted molar refractivity (Wildman–Crippen MR) is 93.5 cm³/mol. The van der Waals surface area contributed by atoms with Crippen molar-refractivity contribution in [2.24, 2.45) is 5.41 Å². The molecule has 124 valence electrons. The Balaban J connectivity index is 1.74. The van der Waals surface area contributed by atoms with Crippen molar-refractivity contribution in [2.45, 2.75) is 59.0 Å². The minimum atomic E-state index is 0.453. The van der Waals surface area contributed by atoms with Crippen LogP contribution in [0.15, 0.2) is 12.1 Å². The number of hydrogen-bond acceptors (Lipinski definition) is 4. The molecule has 1 aromatic rings. The van der Waals surface area contributed by atoms with Gasteiger partial charge in [0.2, 0.25) is 0 Å². The van der Waals surface area contributed by atoms with Crippen LogP contribution in [0.1, 0.15) is 51.3 Å². The van der Waals surface area contributed by atoms with Crippen LogP contribution in [0.4, 0.5) is 5.82 Å². The van der Waals surface area contributed by atoms with E-state index in [1.54, 1.807) is 0 Å². The van der Waals surface area contributed by atoms with Crippen LogP contribution in [0.25, 0.3) is 0 Å². The average molecular weight is 312 g/mol. The van der Waals surface area contributed by atoms with E-state index in [0.29, 0.717) is 23.1 Å². The molecule has 1 aromatic heterocycles. The van der Waals surface area contributed by atoms with Gasteiger partial charge >= 0.3 is 0 Å². The molecule has 2 saturated heterocycles. The first-order valence-electron chi connectivity index (χ1n) is 8.82. The summed E-state index contributed by atoms with van der Waals surface area (Å²) in [5, 5.41) is 9.09. The maximum atomic E-state index is 9.09. The van der Waals surface area contributed by atoms with E-state index in [4.69, 9.17) is 10.2 Å². The zero-order chi connectivity index (χ0) is 16.6. The lowest BCUT2D eigenvalue weighted by atomic mass is 9.76. The van der Waals surface area contributed by atoms with Crippen molar-refractivity contribution >= 4 is 5.82 Å². The predicted octanol–water partition coefficient (Wildman–Crippen LogP) is 3.35. The van der Waals surface area contributed by atoms with Crippen LogP contribution in [0.2, 0.25) is 0 Å². The summed E-state index contributed by atoms with van der Waals surface area (Å²) < 4.78 is 0. The summed E-state index contributed by atoms with van der Waals surface area (Å²) in [6.45, 7) is 12.4. The molecule has 0 radical (unpaired) electrons. The second kappa shape index (κ2) is 6.13. The molecule has 2 fully saturated rings. The fraction of sp³-hybridized carbons (Fsp3) is 0.684. The number of pyridine rings is 1. The van der Waals surface area contributed by atoms with Crippen molar-refractivity contribution in [3.8, 4) is 6.07 Å². The Labute approximate surface area is 140 Å². The molecular weight excluding hydrogens is 284 g/mol. The number of aromatic nitrogens is 1. The number of likely N-dealkylation sites (tertiary alicyclic amines) is 1. The van der Waals surface area contributed by atoms with Gasteiger partial charge < -0.3 is 9.80 Å². The summed E-state index contributed by atoms with van der Waals surface area (Å²) in [6, 6.07) is 7.33. The summed E-state index contributed by atoms with van der Waals surface area (Å²) in [5.74, 6) is 1.04. The number of nitriles is 1. The second-order valence-electron chi connectivity index (χ2n) is 7.72. The maximum absolute atomic E-state index is 9.09. The number of nitrogens with zero attached hydrogens (tertiary/aromatic N) is 4. The van der Waals surface area contributed by atoms with Crippen molar-refractivity contribution in [1.82, 2.24) is 9.88 Å². The molecule has 1 spiro atoms. The van der Waals surface area contributed by atoms with Gasteiger partial charge in [0.25, 0.3) is 0 Å². The van der Waals surface area contributed by atoms with E-state index in [9.17, 15) is 0 Å². The van der Waals surface area contributed by atoms with Crippen LogP contribution in [0, 0.1) is 23.7 Å². The summed E-state index contributed by atoms with van der Waals surface area (Å²) in [5.41, 5.74) is 1.97. The van der Waals surface area contributed by atoms with E-state index in [-0.39, 0.29) is 0 Å². The minimum Gasteiger partial charge on any atom is -0.353 e. The van der Waals surface area contributed by atoms with Crippen molar-refractivity contribution < 1.29 is 0 Å². The van der Waals surface area contributed by atoms with Gasteiger partial charge in [-0.1, -0.05) is 0 Å². The third-order valence-corrected chi connectivity index (χ3v) is 5.84. The molecule has 0 aliphatic carbocycles. The van der Waals surface area contributed by atoms with Gasteiger partial charge in [-0.25, -0.2) is 4.98 Å². The van der Waals surface area contributed by atoms with Gasteiger partial charge in [0.15, 0.2) is 0 Å². The smallest absolute Gasteiger partial charge is 0.129 e. The molecule has 1 unspecified atom stereocenters. The van der Waals surface area contributed by atoms with Crippen LogP contribution in [-0.2, 0) is 0 Å². The zero-order valence-corrected chi connectivity index (χ0v) is 14.8. The molecule has 3 heterocycles. The van der Waals surface area contributed by atoms with Gasteiger partial charge in [-0.15, -0.1) is 0 Å². The Morgan fingerprint density at radius 3 is 2.57 bits per heavy atom. The highest BCUT2D eigenvalue weighted by Gasteiger charge is 2.44. The average Bonchev–Trinajstić information content (AvgIpc) is 2.84. The largest absolute Gasteiger partial charge is 0.353 e. The maximum Gasteiger partial charge on any atom is 0.129 e. The lowest BCUT2D eigenvalue weighted by molar-refractivity contribution is 0.0951. The van der Waals surface area contributed by atoms with Crippen LogP contribution in [-0.4, -0.2) is 41.6 Å². The number of anilines is 1. The molecule has 3 rings (SSSR count). The van der Waals surface area contributed by atoms with Gasteiger partial charge in [-0.05, 0) is 77.6 Å². The van der Waals surface area contributed by atoms with Gasteiger partial charge in [-0.2, -0.15) is 5.26 Å². The van der Waals surface area contributed by atoms with E-state index in [1.807, 2.05) is 19.1 Å². The molecular formula is C19H28N4. The number of rotatable bonds is 2. The first kappa shape index (κ1) is 16.3. The van der Waals surface area contributed by atoms with E-state index in [2.05, 4.69) is 36.6 Å². The Morgan fingerprint density at radius 2 is 2.00 bits per heavy atom. The zero-order valence-electron chi connectivity index (χ0n) is 14.8. The molecule has 1 atom stereocenters. The van der Waals surface area contributed by atoms with Crippen LogP contribution in [0.3, 0.4) is 0 Å². The Bertz CT molecular complexity index is 608.